The highest BCUT2D eigenvalue weighted by molar-refractivity contribution is 5.61. The van der Waals surface area contributed by atoms with Crippen LogP contribution in [0.25, 0.3) is 5.57 Å². The molecule has 0 aliphatic heterocycles. The number of hydrogen-bond donors (Lipinski definition) is 0. The van der Waals surface area contributed by atoms with Crippen molar-refractivity contribution in [2.45, 2.75) is 77.6 Å². The molecule has 0 radical (unpaired) electrons. The first-order valence-electron chi connectivity index (χ1n) is 11.2. The van der Waals surface area contributed by atoms with Gasteiger partial charge >= 0.3 is 0 Å². The molecule has 0 heterocycles. The highest BCUT2D eigenvalue weighted by Crippen LogP contribution is 2.63. The molecule has 5 rings (SSSR count). The van der Waals surface area contributed by atoms with Gasteiger partial charge in [0.2, 0.25) is 0 Å². The summed E-state index contributed by atoms with van der Waals surface area (Å²) in [7, 11) is 0. The average molecular weight is 359 g/mol. The predicted molar refractivity (Wildman–Crippen MR) is 116 cm³/mol. The normalized spacial score (nSPS) is 35.2. The van der Waals surface area contributed by atoms with E-state index in [0.29, 0.717) is 11.3 Å². The fourth-order valence-corrected chi connectivity index (χ4v) is 7.07. The van der Waals surface area contributed by atoms with Gasteiger partial charge in [-0.1, -0.05) is 61.4 Å². The number of benzene rings is 1. The van der Waals surface area contributed by atoms with Gasteiger partial charge in [-0.15, -0.1) is 0 Å². The fourth-order valence-electron chi connectivity index (χ4n) is 7.07. The van der Waals surface area contributed by atoms with Gasteiger partial charge in [0, 0.05) is 5.92 Å². The minimum Gasteiger partial charge on any atom is -0.0955 e. The van der Waals surface area contributed by atoms with Crippen molar-refractivity contribution in [1.29, 1.82) is 0 Å². The summed E-state index contributed by atoms with van der Waals surface area (Å²) in [5.74, 6) is 2.43. The van der Waals surface area contributed by atoms with Crippen LogP contribution in [0.2, 0.25) is 0 Å². The van der Waals surface area contributed by atoms with Gasteiger partial charge < -0.3 is 0 Å². The molecule has 0 spiro atoms. The van der Waals surface area contributed by atoms with E-state index in [2.05, 4.69) is 50.8 Å². The first-order chi connectivity index (χ1) is 13.1. The predicted octanol–water partition coefficient (Wildman–Crippen LogP) is 7.83. The van der Waals surface area contributed by atoms with Crippen LogP contribution in [-0.2, 0) is 0 Å². The monoisotopic (exact) mass is 358 g/mol. The Hall–Kier alpha value is -1.56. The zero-order valence-electron chi connectivity index (χ0n) is 17.2. The third-order valence-electron chi connectivity index (χ3n) is 8.38. The van der Waals surface area contributed by atoms with Crippen molar-refractivity contribution in [3.63, 3.8) is 0 Å². The maximum Gasteiger partial charge on any atom is 0.00622 e. The summed E-state index contributed by atoms with van der Waals surface area (Å²) in [6, 6.07) is 9.44. The standard InChI is InChI=1S/C27H34/c1-18(2)19-10-12-21(13-11-19)24-17-27(3)16-6-9-25(27)23-15-14-20-7-4-5-8-22(20)26(23)24/h7,10-13,23-25H,1,4-6,8-9,14-17H2,2-3H3/t23-,24+,25-,27-/m0/s1. The number of rotatable bonds is 2. The molecule has 4 atom stereocenters. The van der Waals surface area contributed by atoms with E-state index >= 15 is 0 Å². The Kier molecular flexibility index (Phi) is 4.22. The van der Waals surface area contributed by atoms with Crippen molar-refractivity contribution in [3.05, 3.63) is 64.8 Å². The molecule has 0 N–H and O–H groups in total. The summed E-state index contributed by atoms with van der Waals surface area (Å²) in [4.78, 5) is 0. The molecule has 0 aromatic heterocycles. The number of hydrogen-bond acceptors (Lipinski definition) is 0. The third-order valence-corrected chi connectivity index (χ3v) is 8.38. The molecule has 4 aliphatic carbocycles. The maximum atomic E-state index is 4.12. The third kappa shape index (κ3) is 2.79. The minimum atomic E-state index is 0.558. The van der Waals surface area contributed by atoms with E-state index in [1.807, 2.05) is 5.57 Å². The fraction of sp³-hybridized carbons (Fsp3) is 0.556. The first kappa shape index (κ1) is 17.5. The van der Waals surface area contributed by atoms with Crippen LogP contribution in [0.5, 0.6) is 0 Å². The van der Waals surface area contributed by atoms with Crippen molar-refractivity contribution in [1.82, 2.24) is 0 Å². The summed E-state index contributed by atoms with van der Waals surface area (Å²) < 4.78 is 0. The van der Waals surface area contributed by atoms with Crippen LogP contribution in [0.1, 0.15) is 88.7 Å². The van der Waals surface area contributed by atoms with E-state index in [9.17, 15) is 0 Å². The molecule has 0 unspecified atom stereocenters. The highest BCUT2D eigenvalue weighted by atomic mass is 14.6. The Balaban J connectivity index is 1.63. The van der Waals surface area contributed by atoms with Gasteiger partial charge in [0.1, 0.15) is 0 Å². The maximum absolute atomic E-state index is 4.12. The number of allylic oxidation sites excluding steroid dienone is 5. The van der Waals surface area contributed by atoms with Gasteiger partial charge in [-0.3, -0.25) is 0 Å². The summed E-state index contributed by atoms with van der Waals surface area (Å²) in [6.45, 7) is 8.86. The Bertz CT molecular complexity index is 818. The van der Waals surface area contributed by atoms with Crippen molar-refractivity contribution >= 4 is 5.57 Å². The Morgan fingerprint density at radius 1 is 1.07 bits per heavy atom. The summed E-state index contributed by atoms with van der Waals surface area (Å²) in [5, 5.41) is 0. The van der Waals surface area contributed by atoms with E-state index < -0.39 is 0 Å². The second-order valence-electron chi connectivity index (χ2n) is 10.0. The van der Waals surface area contributed by atoms with Gasteiger partial charge in [-0.2, -0.15) is 0 Å². The van der Waals surface area contributed by atoms with Gasteiger partial charge in [0.25, 0.3) is 0 Å². The molecule has 1 aromatic rings. The van der Waals surface area contributed by atoms with Crippen LogP contribution >= 0.6 is 0 Å². The van der Waals surface area contributed by atoms with E-state index in [0.717, 1.165) is 11.8 Å². The molecular formula is C27H34. The van der Waals surface area contributed by atoms with E-state index in [1.165, 1.54) is 68.9 Å². The smallest absolute Gasteiger partial charge is 0.00622 e. The summed E-state index contributed by atoms with van der Waals surface area (Å²) >= 11 is 0. The molecule has 1 aromatic carbocycles. The Morgan fingerprint density at radius 3 is 2.67 bits per heavy atom. The first-order valence-corrected chi connectivity index (χ1v) is 11.2. The molecule has 27 heavy (non-hydrogen) atoms. The lowest BCUT2D eigenvalue weighted by Crippen LogP contribution is -2.40. The van der Waals surface area contributed by atoms with Crippen molar-refractivity contribution < 1.29 is 0 Å². The average Bonchev–Trinajstić information content (AvgIpc) is 3.08. The van der Waals surface area contributed by atoms with Crippen LogP contribution in [-0.4, -0.2) is 0 Å². The molecule has 2 saturated carbocycles. The molecule has 0 nitrogen and oxygen atoms in total. The van der Waals surface area contributed by atoms with E-state index in [1.54, 1.807) is 16.7 Å². The molecule has 0 heteroatoms. The largest absolute Gasteiger partial charge is 0.0955 e. The topological polar surface area (TPSA) is 0 Å². The van der Waals surface area contributed by atoms with Crippen molar-refractivity contribution in [2.24, 2.45) is 17.3 Å². The molecular weight excluding hydrogens is 324 g/mol. The van der Waals surface area contributed by atoms with E-state index in [4.69, 9.17) is 0 Å². The van der Waals surface area contributed by atoms with Gasteiger partial charge in [0.05, 0.1) is 0 Å². The van der Waals surface area contributed by atoms with Crippen molar-refractivity contribution in [3.8, 4) is 0 Å². The lowest BCUT2D eigenvalue weighted by molar-refractivity contribution is 0.106. The zero-order valence-corrected chi connectivity index (χ0v) is 17.2. The molecule has 2 fully saturated rings. The second kappa shape index (κ2) is 6.50. The molecule has 0 bridgehead atoms. The lowest BCUT2D eigenvalue weighted by atomic mass is 9.53. The Morgan fingerprint density at radius 2 is 1.89 bits per heavy atom. The van der Waals surface area contributed by atoms with Crippen LogP contribution in [0.4, 0.5) is 0 Å². The van der Waals surface area contributed by atoms with E-state index in [-0.39, 0.29) is 0 Å². The summed E-state index contributed by atoms with van der Waals surface area (Å²) in [5.41, 5.74) is 9.96. The Labute approximate surface area is 165 Å². The van der Waals surface area contributed by atoms with Crippen LogP contribution < -0.4 is 0 Å². The van der Waals surface area contributed by atoms with Crippen molar-refractivity contribution in [2.75, 3.05) is 0 Å². The quantitative estimate of drug-likeness (QED) is 0.505. The molecule has 0 amide bonds. The lowest BCUT2D eigenvalue weighted by Gasteiger charge is -2.51. The summed E-state index contributed by atoms with van der Waals surface area (Å²) in [6.07, 6.45) is 15.1. The van der Waals surface area contributed by atoms with Gasteiger partial charge in [0.15, 0.2) is 0 Å². The van der Waals surface area contributed by atoms with Crippen LogP contribution in [0, 0.1) is 17.3 Å². The highest BCUT2D eigenvalue weighted by Gasteiger charge is 2.52. The number of fused-ring (bicyclic) bond motifs is 4. The van der Waals surface area contributed by atoms with Crippen LogP contribution in [0.3, 0.4) is 0 Å². The minimum absolute atomic E-state index is 0.558. The SMILES string of the molecule is C=C(C)c1ccc([C@H]2C[C@]3(C)CCC[C@H]3[C@@H]3CCC4=CCCCC4=C32)cc1. The van der Waals surface area contributed by atoms with Gasteiger partial charge in [-0.25, -0.2) is 0 Å². The second-order valence-corrected chi connectivity index (χ2v) is 10.0. The molecule has 4 aliphatic rings. The van der Waals surface area contributed by atoms with Crippen LogP contribution in [0.15, 0.2) is 53.6 Å². The molecule has 0 saturated heterocycles. The van der Waals surface area contributed by atoms with Gasteiger partial charge in [-0.05, 0) is 97.8 Å². The molecule has 142 valence electrons. The zero-order chi connectivity index (χ0) is 18.6.